The van der Waals surface area contributed by atoms with Crippen LogP contribution in [-0.4, -0.2) is 0 Å². The first-order chi connectivity index (χ1) is 4.61. The Balaban J connectivity index is 3.31. The van der Waals surface area contributed by atoms with Gasteiger partial charge in [-0.3, -0.25) is 5.73 Å². The summed E-state index contributed by atoms with van der Waals surface area (Å²) < 4.78 is 1.88. The minimum Gasteiger partial charge on any atom is -0.287 e. The van der Waals surface area contributed by atoms with Crippen molar-refractivity contribution in [1.29, 1.82) is 0 Å². The molecule has 0 aromatic carbocycles. The first-order valence-corrected chi connectivity index (χ1v) is 3.40. The van der Waals surface area contributed by atoms with Gasteiger partial charge in [-0.2, -0.15) is 0 Å². The Morgan fingerprint density at radius 1 is 1.50 bits per heavy atom. The molecule has 0 unspecified atom stereocenters. The summed E-state index contributed by atoms with van der Waals surface area (Å²) in [5.74, 6) is 0.685. The molecule has 0 atom stereocenters. The molecule has 10 heavy (non-hydrogen) atoms. The van der Waals surface area contributed by atoms with Gasteiger partial charge in [0, 0.05) is 6.07 Å². The summed E-state index contributed by atoms with van der Waals surface area (Å²) in [6.07, 6.45) is 0. The van der Waals surface area contributed by atoms with Gasteiger partial charge in [-0.1, -0.05) is 11.6 Å². The van der Waals surface area contributed by atoms with Gasteiger partial charge in [0.05, 0.1) is 12.1 Å². The molecule has 1 rings (SSSR count). The minimum atomic E-state index is 0.685. The second-order valence-electron chi connectivity index (χ2n) is 2.30. The van der Waals surface area contributed by atoms with Gasteiger partial charge in [0.1, 0.15) is 5.69 Å². The summed E-state index contributed by atoms with van der Waals surface area (Å²) in [6, 6.07) is 3.60. The number of nitrogen functional groups attached to an aromatic ring is 1. The number of aromatic nitrogens is 1. The molecule has 0 radical (unpaired) electrons. The Labute approximate surface area is 65.2 Å². The molecule has 0 aliphatic rings. The second-order valence-corrected chi connectivity index (χ2v) is 2.74. The number of pyridine rings is 1. The number of hydrogen-bond donors (Lipinski definition) is 1. The number of rotatable bonds is 0. The Bertz CT molecular complexity index is 235. The Kier molecular flexibility index (Phi) is 1.81. The van der Waals surface area contributed by atoms with Crippen LogP contribution in [0.1, 0.15) is 5.69 Å². The third-order valence-electron chi connectivity index (χ3n) is 1.55. The highest BCUT2D eigenvalue weighted by molar-refractivity contribution is 6.30. The molecule has 0 fully saturated rings. The third kappa shape index (κ3) is 1.21. The molecular formula is C7H10ClN2+. The van der Waals surface area contributed by atoms with Gasteiger partial charge in [-0.15, -0.1) is 0 Å². The monoisotopic (exact) mass is 157 g/mol. The maximum Gasteiger partial charge on any atom is 0.273 e. The fourth-order valence-electron chi connectivity index (χ4n) is 0.780. The minimum absolute atomic E-state index is 0.685. The Morgan fingerprint density at radius 3 is 2.60 bits per heavy atom. The topological polar surface area (TPSA) is 29.9 Å². The first-order valence-electron chi connectivity index (χ1n) is 3.03. The highest BCUT2D eigenvalue weighted by atomic mass is 35.5. The van der Waals surface area contributed by atoms with Crippen LogP contribution in [0.2, 0.25) is 5.02 Å². The fraction of sp³-hybridized carbons (Fsp3) is 0.286. The molecule has 0 aliphatic carbocycles. The number of halogens is 1. The zero-order chi connectivity index (χ0) is 7.72. The van der Waals surface area contributed by atoms with E-state index in [-0.39, 0.29) is 0 Å². The zero-order valence-electron chi connectivity index (χ0n) is 6.06. The van der Waals surface area contributed by atoms with Gasteiger partial charge in [0.15, 0.2) is 0 Å². The molecule has 1 heterocycles. The molecule has 2 N–H and O–H groups in total. The Hall–Kier alpha value is -0.760. The van der Waals surface area contributed by atoms with Gasteiger partial charge in [-0.25, -0.2) is 4.57 Å². The lowest BCUT2D eigenvalue weighted by Crippen LogP contribution is -2.35. The average Bonchev–Trinajstić information content (AvgIpc) is 1.82. The quantitative estimate of drug-likeness (QED) is 0.561. The molecule has 1 aromatic heterocycles. The van der Waals surface area contributed by atoms with Crippen LogP contribution in [-0.2, 0) is 7.05 Å². The standard InChI is InChI=1S/C7H9ClN2/c1-5-3-6(8)4-7(9)10(5)2/h3-4,9H,1-2H3/p+1. The Morgan fingerprint density at radius 2 is 2.10 bits per heavy atom. The predicted molar refractivity (Wildman–Crippen MR) is 41.8 cm³/mol. The second kappa shape index (κ2) is 2.46. The van der Waals surface area contributed by atoms with E-state index >= 15 is 0 Å². The van der Waals surface area contributed by atoms with Crippen LogP contribution in [0.15, 0.2) is 12.1 Å². The molecule has 3 heteroatoms. The van der Waals surface area contributed by atoms with Crippen LogP contribution in [0.5, 0.6) is 0 Å². The number of nitrogens with zero attached hydrogens (tertiary/aromatic N) is 1. The number of nitrogens with two attached hydrogens (primary N) is 1. The maximum atomic E-state index is 5.73. The van der Waals surface area contributed by atoms with Crippen molar-refractivity contribution in [3.05, 3.63) is 22.8 Å². The van der Waals surface area contributed by atoms with Crippen LogP contribution in [0.25, 0.3) is 0 Å². The van der Waals surface area contributed by atoms with Crippen molar-refractivity contribution >= 4 is 17.4 Å². The molecular weight excluding hydrogens is 148 g/mol. The first kappa shape index (κ1) is 7.35. The summed E-state index contributed by atoms with van der Waals surface area (Å²) in [4.78, 5) is 0. The summed E-state index contributed by atoms with van der Waals surface area (Å²) in [7, 11) is 1.90. The van der Waals surface area contributed by atoms with Crippen molar-refractivity contribution < 1.29 is 4.57 Å². The smallest absolute Gasteiger partial charge is 0.273 e. The number of hydrogen-bond acceptors (Lipinski definition) is 1. The van der Waals surface area contributed by atoms with E-state index in [1.807, 2.05) is 24.6 Å². The van der Waals surface area contributed by atoms with Crippen molar-refractivity contribution in [2.45, 2.75) is 6.92 Å². The van der Waals surface area contributed by atoms with Crippen LogP contribution >= 0.6 is 11.6 Å². The average molecular weight is 158 g/mol. The molecule has 0 bridgehead atoms. The van der Waals surface area contributed by atoms with Crippen molar-refractivity contribution in [1.82, 2.24) is 0 Å². The molecule has 0 amide bonds. The highest BCUT2D eigenvalue weighted by Gasteiger charge is 2.03. The van der Waals surface area contributed by atoms with Crippen molar-refractivity contribution in [2.75, 3.05) is 5.73 Å². The van der Waals surface area contributed by atoms with Crippen LogP contribution in [0.4, 0.5) is 5.82 Å². The van der Waals surface area contributed by atoms with E-state index in [9.17, 15) is 0 Å². The molecule has 2 nitrogen and oxygen atoms in total. The summed E-state index contributed by atoms with van der Waals surface area (Å²) in [6.45, 7) is 1.96. The lowest BCUT2D eigenvalue weighted by molar-refractivity contribution is -0.663. The van der Waals surface area contributed by atoms with E-state index in [0.29, 0.717) is 10.8 Å². The van der Waals surface area contributed by atoms with E-state index in [0.717, 1.165) is 5.69 Å². The summed E-state index contributed by atoms with van der Waals surface area (Å²) >= 11 is 5.73. The van der Waals surface area contributed by atoms with E-state index in [1.54, 1.807) is 6.07 Å². The lowest BCUT2D eigenvalue weighted by Gasteiger charge is -1.99. The summed E-state index contributed by atoms with van der Waals surface area (Å²) in [5.41, 5.74) is 6.66. The summed E-state index contributed by atoms with van der Waals surface area (Å²) in [5, 5.41) is 0.688. The van der Waals surface area contributed by atoms with Crippen molar-refractivity contribution in [2.24, 2.45) is 7.05 Å². The molecule has 0 spiro atoms. The van der Waals surface area contributed by atoms with E-state index in [4.69, 9.17) is 17.3 Å². The highest BCUT2D eigenvalue weighted by Crippen LogP contribution is 2.09. The maximum absolute atomic E-state index is 5.73. The molecule has 1 aromatic rings. The van der Waals surface area contributed by atoms with Crippen molar-refractivity contribution in [3.63, 3.8) is 0 Å². The van der Waals surface area contributed by atoms with Crippen LogP contribution in [0.3, 0.4) is 0 Å². The van der Waals surface area contributed by atoms with Crippen LogP contribution < -0.4 is 10.3 Å². The van der Waals surface area contributed by atoms with Gasteiger partial charge in [0.25, 0.3) is 5.82 Å². The van der Waals surface area contributed by atoms with Gasteiger partial charge in [-0.05, 0) is 13.0 Å². The normalized spacial score (nSPS) is 9.90. The van der Waals surface area contributed by atoms with E-state index < -0.39 is 0 Å². The SMILES string of the molecule is Cc1cc(Cl)cc(N)[n+]1C. The van der Waals surface area contributed by atoms with Crippen molar-refractivity contribution in [3.8, 4) is 0 Å². The lowest BCUT2D eigenvalue weighted by atomic mass is 10.3. The molecule has 0 saturated carbocycles. The predicted octanol–water partition coefficient (Wildman–Crippen LogP) is 1.06. The molecule has 0 saturated heterocycles. The third-order valence-corrected chi connectivity index (χ3v) is 1.77. The zero-order valence-corrected chi connectivity index (χ0v) is 6.81. The van der Waals surface area contributed by atoms with Gasteiger partial charge >= 0.3 is 0 Å². The molecule has 54 valence electrons. The number of aryl methyl sites for hydroxylation is 1. The number of anilines is 1. The largest absolute Gasteiger partial charge is 0.287 e. The van der Waals surface area contributed by atoms with E-state index in [1.165, 1.54) is 0 Å². The van der Waals surface area contributed by atoms with E-state index in [2.05, 4.69) is 0 Å². The van der Waals surface area contributed by atoms with Gasteiger partial charge in [0.2, 0.25) is 0 Å². The molecule has 0 aliphatic heterocycles. The van der Waals surface area contributed by atoms with Crippen LogP contribution in [0, 0.1) is 6.92 Å². The van der Waals surface area contributed by atoms with Gasteiger partial charge < -0.3 is 0 Å². The fourth-order valence-corrected chi connectivity index (χ4v) is 1.05.